The van der Waals surface area contributed by atoms with Crippen molar-refractivity contribution in [2.45, 2.75) is 13.0 Å². The molecule has 2 heterocycles. The van der Waals surface area contributed by atoms with Crippen LogP contribution in [-0.4, -0.2) is 66.1 Å². The van der Waals surface area contributed by atoms with Gasteiger partial charge in [0.15, 0.2) is 11.6 Å². The Labute approximate surface area is 107 Å². The molecule has 1 aromatic rings. The van der Waals surface area contributed by atoms with Gasteiger partial charge in [0.25, 0.3) is 0 Å². The van der Waals surface area contributed by atoms with E-state index in [0.29, 0.717) is 24.1 Å². The fourth-order valence-electron chi connectivity index (χ4n) is 2.12. The number of rotatable bonds is 3. The van der Waals surface area contributed by atoms with E-state index in [4.69, 9.17) is 0 Å². The van der Waals surface area contributed by atoms with E-state index in [2.05, 4.69) is 39.2 Å². The Bertz CT molecular complexity index is 411. The molecule has 2 rings (SSSR count). The second-order valence-corrected chi connectivity index (χ2v) is 4.90. The molecular formula is C12H20FN5. The summed E-state index contributed by atoms with van der Waals surface area (Å²) in [6.07, 6.45) is 1.39. The predicted octanol–water partition coefficient (Wildman–Crippen LogP) is 0.582. The van der Waals surface area contributed by atoms with Gasteiger partial charge < -0.3 is 10.2 Å². The van der Waals surface area contributed by atoms with Crippen molar-refractivity contribution in [1.82, 2.24) is 19.8 Å². The Hall–Kier alpha value is -1.27. The van der Waals surface area contributed by atoms with Crippen molar-refractivity contribution in [3.8, 4) is 0 Å². The van der Waals surface area contributed by atoms with Gasteiger partial charge in [-0.25, -0.2) is 14.4 Å². The number of aromatic nitrogens is 2. The lowest BCUT2D eigenvalue weighted by Gasteiger charge is -2.37. The summed E-state index contributed by atoms with van der Waals surface area (Å²) in [6, 6.07) is 0.374. The zero-order valence-corrected chi connectivity index (χ0v) is 11.1. The summed E-state index contributed by atoms with van der Waals surface area (Å²) >= 11 is 0. The van der Waals surface area contributed by atoms with Gasteiger partial charge >= 0.3 is 0 Å². The van der Waals surface area contributed by atoms with Crippen LogP contribution < -0.4 is 5.32 Å². The summed E-state index contributed by atoms with van der Waals surface area (Å²) in [5, 5.41) is 3.08. The summed E-state index contributed by atoms with van der Waals surface area (Å²) in [5.41, 5.74) is 0.376. The molecule has 1 saturated heterocycles. The summed E-state index contributed by atoms with van der Waals surface area (Å²) < 4.78 is 13.7. The molecule has 100 valence electrons. The summed E-state index contributed by atoms with van der Waals surface area (Å²) in [5.74, 6) is -0.0616. The topological polar surface area (TPSA) is 44.3 Å². The normalized spacial score (nSPS) is 22.1. The van der Waals surface area contributed by atoms with Gasteiger partial charge in [0.05, 0.1) is 5.69 Å². The number of likely N-dealkylation sites (N-methyl/N-ethyl adjacent to an activating group) is 2. The third-order valence-electron chi connectivity index (χ3n) is 3.45. The van der Waals surface area contributed by atoms with E-state index in [0.717, 1.165) is 19.6 Å². The number of nitrogens with one attached hydrogen (secondary N) is 1. The quantitative estimate of drug-likeness (QED) is 0.854. The fraction of sp³-hybridized carbons (Fsp3) is 0.667. The van der Waals surface area contributed by atoms with Crippen molar-refractivity contribution in [3.05, 3.63) is 17.8 Å². The van der Waals surface area contributed by atoms with Crippen LogP contribution in [0.5, 0.6) is 0 Å². The fourth-order valence-corrected chi connectivity index (χ4v) is 2.12. The third-order valence-corrected chi connectivity index (χ3v) is 3.45. The zero-order chi connectivity index (χ0) is 13.1. The van der Waals surface area contributed by atoms with E-state index in [1.807, 2.05) is 0 Å². The molecule has 1 atom stereocenters. The van der Waals surface area contributed by atoms with Crippen molar-refractivity contribution in [3.63, 3.8) is 0 Å². The maximum atomic E-state index is 13.7. The van der Waals surface area contributed by atoms with Crippen molar-refractivity contribution in [1.29, 1.82) is 0 Å². The molecule has 1 aliphatic rings. The van der Waals surface area contributed by atoms with Crippen LogP contribution >= 0.6 is 0 Å². The van der Waals surface area contributed by atoms with Crippen molar-refractivity contribution in [2.24, 2.45) is 0 Å². The van der Waals surface area contributed by atoms with Crippen LogP contribution in [0.15, 0.2) is 6.33 Å². The molecule has 0 aliphatic carbocycles. The Morgan fingerprint density at radius 1 is 1.39 bits per heavy atom. The molecule has 1 unspecified atom stereocenters. The smallest absolute Gasteiger partial charge is 0.186 e. The predicted molar refractivity (Wildman–Crippen MR) is 69.1 cm³/mol. The van der Waals surface area contributed by atoms with Crippen LogP contribution in [-0.2, 0) is 0 Å². The summed E-state index contributed by atoms with van der Waals surface area (Å²) in [4.78, 5) is 12.3. The largest absolute Gasteiger partial charge is 0.366 e. The van der Waals surface area contributed by atoms with E-state index in [1.165, 1.54) is 6.33 Å². The van der Waals surface area contributed by atoms with E-state index in [9.17, 15) is 4.39 Å². The molecule has 0 amide bonds. The molecule has 0 spiro atoms. The highest BCUT2D eigenvalue weighted by Gasteiger charge is 2.22. The van der Waals surface area contributed by atoms with E-state index < -0.39 is 0 Å². The van der Waals surface area contributed by atoms with Crippen molar-refractivity contribution in [2.75, 3.05) is 45.6 Å². The minimum Gasteiger partial charge on any atom is -0.366 e. The first-order chi connectivity index (χ1) is 8.58. The second-order valence-electron chi connectivity index (χ2n) is 4.90. The third kappa shape index (κ3) is 2.94. The highest BCUT2D eigenvalue weighted by Crippen LogP contribution is 2.13. The maximum Gasteiger partial charge on any atom is 0.186 e. The molecular weight excluding hydrogens is 233 g/mol. The van der Waals surface area contributed by atoms with E-state index >= 15 is 0 Å². The Kier molecular flexibility index (Phi) is 4.08. The summed E-state index contributed by atoms with van der Waals surface area (Å²) in [6.45, 7) is 5.42. The highest BCUT2D eigenvalue weighted by molar-refractivity contribution is 5.37. The molecule has 5 nitrogen and oxygen atoms in total. The number of aryl methyl sites for hydroxylation is 1. The number of hydrogen-bond donors (Lipinski definition) is 1. The first-order valence-electron chi connectivity index (χ1n) is 6.17. The van der Waals surface area contributed by atoms with Crippen LogP contribution in [0, 0.1) is 12.7 Å². The lowest BCUT2D eigenvalue weighted by Crippen LogP contribution is -2.52. The standard InChI is InChI=1S/C12H20FN5/c1-9-11(13)12(16-8-15-9)14-6-10-7-17(2)4-5-18(10)3/h8,10H,4-7H2,1-3H3,(H,14,15,16). The molecule has 1 fully saturated rings. The van der Waals surface area contributed by atoms with E-state index in [1.54, 1.807) is 6.92 Å². The second kappa shape index (κ2) is 5.58. The number of halogens is 1. The lowest BCUT2D eigenvalue weighted by molar-refractivity contribution is 0.121. The van der Waals surface area contributed by atoms with Crippen molar-refractivity contribution >= 4 is 5.82 Å². The van der Waals surface area contributed by atoms with Gasteiger partial charge in [0.2, 0.25) is 0 Å². The average Bonchev–Trinajstić information content (AvgIpc) is 2.35. The lowest BCUT2D eigenvalue weighted by atomic mass is 10.2. The molecule has 0 radical (unpaired) electrons. The van der Waals surface area contributed by atoms with Crippen molar-refractivity contribution < 1.29 is 4.39 Å². The average molecular weight is 253 g/mol. The number of piperazine rings is 1. The molecule has 1 aliphatic heterocycles. The van der Waals surface area contributed by atoms with Gasteiger partial charge in [-0.05, 0) is 21.0 Å². The Morgan fingerprint density at radius 2 is 2.17 bits per heavy atom. The van der Waals surface area contributed by atoms with Gasteiger partial charge in [-0.15, -0.1) is 0 Å². The van der Waals surface area contributed by atoms with Crippen LogP contribution in [0.1, 0.15) is 5.69 Å². The molecule has 6 heteroatoms. The van der Waals surface area contributed by atoms with Crippen LogP contribution in [0.3, 0.4) is 0 Å². The minimum absolute atomic E-state index is 0.295. The molecule has 0 bridgehead atoms. The Morgan fingerprint density at radius 3 is 2.94 bits per heavy atom. The van der Waals surface area contributed by atoms with Gasteiger partial charge in [-0.1, -0.05) is 0 Å². The maximum absolute atomic E-state index is 13.7. The zero-order valence-electron chi connectivity index (χ0n) is 11.1. The monoisotopic (exact) mass is 253 g/mol. The highest BCUT2D eigenvalue weighted by atomic mass is 19.1. The van der Waals surface area contributed by atoms with Crippen LogP contribution in [0.4, 0.5) is 10.2 Å². The number of nitrogens with zero attached hydrogens (tertiary/aromatic N) is 4. The summed E-state index contributed by atoms with van der Waals surface area (Å²) in [7, 11) is 4.20. The molecule has 1 N–H and O–H groups in total. The first kappa shape index (κ1) is 13.2. The molecule has 1 aromatic heterocycles. The molecule has 18 heavy (non-hydrogen) atoms. The van der Waals surface area contributed by atoms with Gasteiger partial charge in [0.1, 0.15) is 6.33 Å². The molecule has 0 saturated carbocycles. The van der Waals surface area contributed by atoms with E-state index in [-0.39, 0.29) is 5.82 Å². The van der Waals surface area contributed by atoms with Gasteiger partial charge in [-0.2, -0.15) is 0 Å². The number of hydrogen-bond acceptors (Lipinski definition) is 5. The first-order valence-corrected chi connectivity index (χ1v) is 6.17. The Balaban J connectivity index is 1.96. The van der Waals surface area contributed by atoms with Gasteiger partial charge in [-0.3, -0.25) is 4.90 Å². The SMILES string of the molecule is Cc1ncnc(NCC2CN(C)CCN2C)c1F. The minimum atomic E-state index is -0.357. The van der Waals surface area contributed by atoms with Crippen LogP contribution in [0.2, 0.25) is 0 Å². The van der Waals surface area contributed by atoms with Gasteiger partial charge in [0, 0.05) is 32.2 Å². The number of anilines is 1. The van der Waals surface area contributed by atoms with Crippen LogP contribution in [0.25, 0.3) is 0 Å². The molecule has 0 aromatic carbocycles.